The number of alkyl carbamates (subject to hydrolysis) is 1. The minimum Gasteiger partial charge on any atom is -0.444 e. The first kappa shape index (κ1) is 20.6. The molecule has 0 saturated heterocycles. The van der Waals surface area contributed by atoms with Crippen molar-refractivity contribution in [2.24, 2.45) is 5.92 Å². The van der Waals surface area contributed by atoms with Crippen LogP contribution in [-0.2, 0) is 9.53 Å². The van der Waals surface area contributed by atoms with Crippen LogP contribution in [0.4, 0.5) is 14.9 Å². The monoisotopic (exact) mass is 376 g/mol. The Labute approximate surface area is 158 Å². The summed E-state index contributed by atoms with van der Waals surface area (Å²) < 4.78 is 18.4. The van der Waals surface area contributed by atoms with Crippen molar-refractivity contribution < 1.29 is 18.7 Å². The molecule has 7 nitrogen and oxygen atoms in total. The van der Waals surface area contributed by atoms with Crippen molar-refractivity contribution >= 4 is 17.7 Å². The van der Waals surface area contributed by atoms with E-state index < -0.39 is 29.5 Å². The summed E-state index contributed by atoms with van der Waals surface area (Å²) >= 11 is 0. The van der Waals surface area contributed by atoms with Crippen molar-refractivity contribution in [1.29, 1.82) is 5.26 Å². The smallest absolute Gasteiger partial charge is 0.408 e. The summed E-state index contributed by atoms with van der Waals surface area (Å²) in [6.45, 7) is 6.73. The summed E-state index contributed by atoms with van der Waals surface area (Å²) in [6, 6.07) is 6.72. The van der Waals surface area contributed by atoms with E-state index in [9.17, 15) is 14.0 Å². The Hall–Kier alpha value is -2.66. The highest BCUT2D eigenvalue weighted by molar-refractivity contribution is 5.97. The van der Waals surface area contributed by atoms with E-state index in [0.29, 0.717) is 18.5 Å². The Kier molecular flexibility index (Phi) is 6.39. The van der Waals surface area contributed by atoms with Crippen LogP contribution in [0.5, 0.6) is 0 Å². The Morgan fingerprint density at radius 2 is 1.89 bits per heavy atom. The molecule has 0 spiro atoms. The standard InChI is InChI=1S/C19H25FN4O3/c1-12(22-18(26)27-19(2,3)4)17(25)24(16-7-5-14(20)6-8-16)23-15-9-13(10-15)11-21/h5-8,12-13,15,23H,9-10H2,1-4H3,(H,22,26)/t12-,13?,15?/m0/s1. The van der Waals surface area contributed by atoms with Crippen molar-refractivity contribution in [3.63, 3.8) is 0 Å². The molecule has 1 aromatic carbocycles. The fourth-order valence-electron chi connectivity index (χ4n) is 2.61. The first-order valence-electron chi connectivity index (χ1n) is 8.84. The highest BCUT2D eigenvalue weighted by Gasteiger charge is 2.33. The van der Waals surface area contributed by atoms with Crippen LogP contribution in [0.2, 0.25) is 0 Å². The van der Waals surface area contributed by atoms with Gasteiger partial charge in [-0.05, 0) is 64.8 Å². The number of halogens is 1. The SMILES string of the molecule is C[C@H](NC(=O)OC(C)(C)C)C(=O)N(NC1CC(C#N)C1)c1ccc(F)cc1. The lowest BCUT2D eigenvalue weighted by Gasteiger charge is -2.37. The molecule has 27 heavy (non-hydrogen) atoms. The highest BCUT2D eigenvalue weighted by atomic mass is 19.1. The fraction of sp³-hybridized carbons (Fsp3) is 0.526. The zero-order valence-electron chi connectivity index (χ0n) is 16.0. The van der Waals surface area contributed by atoms with Gasteiger partial charge in [-0.15, -0.1) is 0 Å². The molecule has 1 aliphatic carbocycles. The molecule has 0 aliphatic heterocycles. The van der Waals surface area contributed by atoms with Gasteiger partial charge in [0.25, 0.3) is 5.91 Å². The number of benzene rings is 1. The number of hydrogen-bond acceptors (Lipinski definition) is 5. The molecule has 1 aromatic rings. The average molecular weight is 376 g/mol. The van der Waals surface area contributed by atoms with Crippen LogP contribution < -0.4 is 15.8 Å². The van der Waals surface area contributed by atoms with E-state index in [-0.39, 0.29) is 12.0 Å². The molecule has 2 N–H and O–H groups in total. The molecule has 8 heteroatoms. The zero-order chi connectivity index (χ0) is 20.2. The Morgan fingerprint density at radius 1 is 1.30 bits per heavy atom. The van der Waals surface area contributed by atoms with Gasteiger partial charge in [0.15, 0.2) is 0 Å². The second-order valence-electron chi connectivity index (χ2n) is 7.64. The number of rotatable bonds is 5. The maximum Gasteiger partial charge on any atom is 0.408 e. The fourth-order valence-corrected chi connectivity index (χ4v) is 2.61. The number of hydrogen-bond donors (Lipinski definition) is 2. The number of amides is 2. The predicted molar refractivity (Wildman–Crippen MR) is 98.0 cm³/mol. The van der Waals surface area contributed by atoms with Crippen LogP contribution in [0.3, 0.4) is 0 Å². The maximum atomic E-state index is 13.2. The van der Waals surface area contributed by atoms with Crippen molar-refractivity contribution in [3.05, 3.63) is 30.1 Å². The van der Waals surface area contributed by atoms with E-state index in [1.807, 2.05) is 0 Å². The second kappa shape index (κ2) is 8.35. The van der Waals surface area contributed by atoms with Gasteiger partial charge in [0.1, 0.15) is 17.5 Å². The normalized spacial score (nSPS) is 20.0. The van der Waals surface area contributed by atoms with Crippen LogP contribution in [0.25, 0.3) is 0 Å². The third-order valence-corrected chi connectivity index (χ3v) is 4.04. The molecule has 0 bridgehead atoms. The van der Waals surface area contributed by atoms with Crippen LogP contribution in [0.1, 0.15) is 40.5 Å². The molecular weight excluding hydrogens is 351 g/mol. The number of nitrogens with zero attached hydrogens (tertiary/aromatic N) is 2. The second-order valence-corrected chi connectivity index (χ2v) is 7.64. The first-order chi connectivity index (χ1) is 12.6. The molecule has 1 fully saturated rings. The molecule has 0 heterocycles. The average Bonchev–Trinajstić information content (AvgIpc) is 2.52. The van der Waals surface area contributed by atoms with Gasteiger partial charge < -0.3 is 10.1 Å². The van der Waals surface area contributed by atoms with Gasteiger partial charge >= 0.3 is 6.09 Å². The summed E-state index contributed by atoms with van der Waals surface area (Å²) in [5, 5.41) is 12.7. The van der Waals surface area contributed by atoms with Crippen molar-refractivity contribution in [3.8, 4) is 6.07 Å². The molecule has 0 aromatic heterocycles. The molecule has 0 radical (unpaired) electrons. The number of nitriles is 1. The number of ether oxygens (including phenoxy) is 1. The van der Waals surface area contributed by atoms with E-state index in [1.54, 1.807) is 27.7 Å². The van der Waals surface area contributed by atoms with Crippen LogP contribution in [-0.4, -0.2) is 29.7 Å². The van der Waals surface area contributed by atoms with Crippen molar-refractivity contribution in [2.45, 2.75) is 58.2 Å². The summed E-state index contributed by atoms with van der Waals surface area (Å²) in [6.07, 6.45) is 0.542. The van der Waals surface area contributed by atoms with Gasteiger partial charge in [-0.25, -0.2) is 19.6 Å². The number of carbonyl (C=O) groups is 2. The Morgan fingerprint density at radius 3 is 2.41 bits per heavy atom. The van der Waals surface area contributed by atoms with Gasteiger partial charge in [0, 0.05) is 12.0 Å². The van der Waals surface area contributed by atoms with Crippen LogP contribution in [0, 0.1) is 23.1 Å². The van der Waals surface area contributed by atoms with E-state index in [4.69, 9.17) is 10.00 Å². The summed E-state index contributed by atoms with van der Waals surface area (Å²) in [5.74, 6) is -0.878. The third-order valence-electron chi connectivity index (χ3n) is 4.04. The lowest BCUT2D eigenvalue weighted by molar-refractivity contribution is -0.121. The van der Waals surface area contributed by atoms with Crippen molar-refractivity contribution in [1.82, 2.24) is 10.7 Å². The van der Waals surface area contributed by atoms with Gasteiger partial charge in [0.2, 0.25) is 0 Å². The Balaban J connectivity index is 2.09. The van der Waals surface area contributed by atoms with Crippen molar-refractivity contribution in [2.75, 3.05) is 5.01 Å². The minimum atomic E-state index is -0.871. The highest BCUT2D eigenvalue weighted by Crippen LogP contribution is 2.27. The number of carbonyl (C=O) groups excluding carboxylic acids is 2. The number of nitrogens with one attached hydrogen (secondary N) is 2. The maximum absolute atomic E-state index is 13.2. The molecule has 1 aliphatic rings. The zero-order valence-corrected chi connectivity index (χ0v) is 16.0. The van der Waals surface area contributed by atoms with E-state index in [0.717, 1.165) is 0 Å². The summed E-state index contributed by atoms with van der Waals surface area (Å²) in [7, 11) is 0. The van der Waals surface area contributed by atoms with E-state index >= 15 is 0 Å². The predicted octanol–water partition coefficient (Wildman–Crippen LogP) is 2.88. The molecular formula is C19H25FN4O3. The molecule has 146 valence electrons. The largest absolute Gasteiger partial charge is 0.444 e. The van der Waals surface area contributed by atoms with Gasteiger partial charge in [-0.1, -0.05) is 0 Å². The lowest BCUT2D eigenvalue weighted by atomic mass is 9.82. The van der Waals surface area contributed by atoms with Crippen LogP contribution >= 0.6 is 0 Å². The topological polar surface area (TPSA) is 94.5 Å². The molecule has 1 saturated carbocycles. The molecule has 2 amide bonds. The Bertz CT molecular complexity index is 718. The van der Waals surface area contributed by atoms with Crippen LogP contribution in [0.15, 0.2) is 24.3 Å². The quantitative estimate of drug-likeness (QED) is 0.771. The number of anilines is 1. The van der Waals surface area contributed by atoms with Gasteiger partial charge in [-0.3, -0.25) is 4.79 Å². The number of hydrazine groups is 1. The first-order valence-corrected chi connectivity index (χ1v) is 8.84. The molecule has 1 atom stereocenters. The molecule has 0 unspecified atom stereocenters. The summed E-state index contributed by atoms with van der Waals surface area (Å²) in [5.41, 5.74) is 2.84. The van der Waals surface area contributed by atoms with Gasteiger partial charge in [-0.2, -0.15) is 5.26 Å². The lowest BCUT2D eigenvalue weighted by Crippen LogP contribution is -2.58. The molecule has 2 rings (SSSR count). The van der Waals surface area contributed by atoms with E-state index in [1.165, 1.54) is 29.3 Å². The summed E-state index contributed by atoms with van der Waals surface area (Å²) in [4.78, 5) is 24.8. The minimum absolute atomic E-state index is 0.0371. The third kappa shape index (κ3) is 5.93. The van der Waals surface area contributed by atoms with E-state index in [2.05, 4.69) is 16.8 Å². The van der Waals surface area contributed by atoms with Gasteiger partial charge in [0.05, 0.1) is 11.8 Å².